The molecule has 1 rings (SSSR count). The molecule has 96 valence electrons. The molecule has 0 aromatic carbocycles. The summed E-state index contributed by atoms with van der Waals surface area (Å²) in [6, 6.07) is 0.542. The van der Waals surface area contributed by atoms with Crippen LogP contribution in [0.25, 0.3) is 0 Å². The van der Waals surface area contributed by atoms with Gasteiger partial charge in [-0.25, -0.2) is 8.42 Å². The molecule has 16 heavy (non-hydrogen) atoms. The van der Waals surface area contributed by atoms with Crippen molar-refractivity contribution in [3.05, 3.63) is 0 Å². The van der Waals surface area contributed by atoms with Gasteiger partial charge in [-0.05, 0) is 13.0 Å². The molecule has 0 bridgehead atoms. The Labute approximate surface area is 99.5 Å². The van der Waals surface area contributed by atoms with Gasteiger partial charge in [0.05, 0.1) is 5.75 Å². The lowest BCUT2D eigenvalue weighted by Crippen LogP contribution is -2.59. The van der Waals surface area contributed by atoms with Gasteiger partial charge < -0.3 is 0 Å². The van der Waals surface area contributed by atoms with Crippen LogP contribution in [0.4, 0.5) is 0 Å². The Balaban J connectivity index is 2.19. The van der Waals surface area contributed by atoms with Gasteiger partial charge in [0.15, 0.2) is 0 Å². The number of rotatable bonds is 6. The zero-order valence-electron chi connectivity index (χ0n) is 10.8. The number of hydrogen-bond donors (Lipinski definition) is 0. The topological polar surface area (TPSA) is 40.6 Å². The van der Waals surface area contributed by atoms with Gasteiger partial charge in [-0.2, -0.15) is 0 Å². The predicted molar refractivity (Wildman–Crippen MR) is 67.4 cm³/mol. The highest BCUT2D eigenvalue weighted by molar-refractivity contribution is 7.90. The van der Waals surface area contributed by atoms with Crippen LogP contribution >= 0.6 is 0 Å². The van der Waals surface area contributed by atoms with E-state index in [1.807, 2.05) is 7.05 Å². The first-order valence-corrected chi connectivity index (χ1v) is 7.94. The first-order chi connectivity index (χ1) is 7.28. The molecule has 1 fully saturated rings. The SMILES string of the molecule is CC(C)CN1CC(N(C)CCS(C)(=O)=O)C1. The van der Waals surface area contributed by atoms with Crippen molar-refractivity contribution in [3.8, 4) is 0 Å². The lowest BCUT2D eigenvalue weighted by molar-refractivity contribution is 0.0443. The Morgan fingerprint density at radius 3 is 2.38 bits per heavy atom. The first-order valence-electron chi connectivity index (χ1n) is 5.88. The lowest BCUT2D eigenvalue weighted by Gasteiger charge is -2.44. The smallest absolute Gasteiger partial charge is 0.148 e. The van der Waals surface area contributed by atoms with E-state index in [9.17, 15) is 8.42 Å². The highest BCUT2D eigenvalue weighted by Crippen LogP contribution is 2.15. The zero-order valence-corrected chi connectivity index (χ0v) is 11.6. The molecule has 5 heteroatoms. The summed E-state index contributed by atoms with van der Waals surface area (Å²) in [5, 5.41) is 0. The van der Waals surface area contributed by atoms with Crippen molar-refractivity contribution >= 4 is 9.84 Å². The third-order valence-electron chi connectivity index (χ3n) is 3.00. The maximum atomic E-state index is 11.0. The van der Waals surface area contributed by atoms with Crippen LogP contribution in [0.2, 0.25) is 0 Å². The molecule has 4 nitrogen and oxygen atoms in total. The summed E-state index contributed by atoms with van der Waals surface area (Å²) in [4.78, 5) is 4.59. The van der Waals surface area contributed by atoms with Crippen LogP contribution in [0.5, 0.6) is 0 Å². The van der Waals surface area contributed by atoms with Crippen LogP contribution in [-0.2, 0) is 9.84 Å². The lowest BCUT2D eigenvalue weighted by atomic mass is 10.1. The van der Waals surface area contributed by atoms with Gasteiger partial charge in [0.25, 0.3) is 0 Å². The van der Waals surface area contributed by atoms with Crippen molar-refractivity contribution in [1.82, 2.24) is 9.80 Å². The standard InChI is InChI=1S/C11H24N2O2S/c1-10(2)7-13-8-11(9-13)12(3)5-6-16(4,14)15/h10-11H,5-9H2,1-4H3. The van der Waals surface area contributed by atoms with Crippen molar-refractivity contribution < 1.29 is 8.42 Å². The summed E-state index contributed by atoms with van der Waals surface area (Å²) in [7, 11) is -0.808. The predicted octanol–water partition coefficient (Wildman–Crippen LogP) is 0.303. The van der Waals surface area contributed by atoms with Crippen molar-refractivity contribution in [2.45, 2.75) is 19.9 Å². The molecule has 0 saturated carbocycles. The molecule has 1 aliphatic heterocycles. The summed E-state index contributed by atoms with van der Waals surface area (Å²) in [5.41, 5.74) is 0. The van der Waals surface area contributed by atoms with E-state index in [0.29, 0.717) is 18.5 Å². The van der Waals surface area contributed by atoms with Crippen molar-refractivity contribution in [1.29, 1.82) is 0 Å². The fraction of sp³-hybridized carbons (Fsp3) is 1.00. The molecule has 1 aliphatic rings. The molecule has 0 aromatic rings. The van der Waals surface area contributed by atoms with E-state index in [2.05, 4.69) is 23.6 Å². The summed E-state index contributed by atoms with van der Waals surface area (Å²) in [6.07, 6.45) is 1.30. The Kier molecular flexibility index (Phi) is 4.76. The molecule has 0 amide bonds. The van der Waals surface area contributed by atoms with Crippen LogP contribution in [0.1, 0.15) is 13.8 Å². The van der Waals surface area contributed by atoms with Gasteiger partial charge in [-0.1, -0.05) is 13.8 Å². The number of sulfone groups is 1. The van der Waals surface area contributed by atoms with E-state index in [0.717, 1.165) is 19.6 Å². The quantitative estimate of drug-likeness (QED) is 0.678. The molecular weight excluding hydrogens is 224 g/mol. The van der Waals surface area contributed by atoms with E-state index in [1.54, 1.807) is 0 Å². The van der Waals surface area contributed by atoms with Crippen LogP contribution in [-0.4, -0.2) is 69.5 Å². The average molecular weight is 248 g/mol. The van der Waals surface area contributed by atoms with Crippen LogP contribution < -0.4 is 0 Å². The van der Waals surface area contributed by atoms with Gasteiger partial charge in [-0.15, -0.1) is 0 Å². The monoisotopic (exact) mass is 248 g/mol. The molecule has 0 aliphatic carbocycles. The van der Waals surface area contributed by atoms with Gasteiger partial charge in [0, 0.05) is 38.5 Å². The van der Waals surface area contributed by atoms with Gasteiger partial charge in [-0.3, -0.25) is 9.80 Å². The summed E-state index contributed by atoms with van der Waals surface area (Å²) >= 11 is 0. The minimum Gasteiger partial charge on any atom is -0.300 e. The van der Waals surface area contributed by atoms with Gasteiger partial charge in [0.1, 0.15) is 9.84 Å². The third kappa shape index (κ3) is 4.80. The number of likely N-dealkylation sites (tertiary alicyclic amines) is 1. The Bertz CT molecular complexity index is 308. The number of likely N-dealkylation sites (N-methyl/N-ethyl adjacent to an activating group) is 1. The van der Waals surface area contributed by atoms with Crippen molar-refractivity contribution in [2.24, 2.45) is 5.92 Å². The van der Waals surface area contributed by atoms with Crippen LogP contribution in [0.3, 0.4) is 0 Å². The first kappa shape index (κ1) is 13.9. The minimum absolute atomic E-state index is 0.268. The van der Waals surface area contributed by atoms with Crippen molar-refractivity contribution in [3.63, 3.8) is 0 Å². The van der Waals surface area contributed by atoms with Crippen molar-refractivity contribution in [2.75, 3.05) is 45.2 Å². The fourth-order valence-electron chi connectivity index (χ4n) is 1.98. The second-order valence-electron chi connectivity index (χ2n) is 5.38. The van der Waals surface area contributed by atoms with Gasteiger partial charge >= 0.3 is 0 Å². The molecule has 0 unspecified atom stereocenters. The van der Waals surface area contributed by atoms with E-state index < -0.39 is 9.84 Å². The number of nitrogens with zero attached hydrogens (tertiary/aromatic N) is 2. The Morgan fingerprint density at radius 2 is 1.94 bits per heavy atom. The molecular formula is C11H24N2O2S. The van der Waals surface area contributed by atoms with E-state index >= 15 is 0 Å². The second-order valence-corrected chi connectivity index (χ2v) is 7.64. The van der Waals surface area contributed by atoms with E-state index in [-0.39, 0.29) is 5.75 Å². The summed E-state index contributed by atoms with van der Waals surface area (Å²) in [5.74, 6) is 0.978. The largest absolute Gasteiger partial charge is 0.300 e. The maximum Gasteiger partial charge on any atom is 0.148 e. The number of hydrogen-bond acceptors (Lipinski definition) is 4. The zero-order chi connectivity index (χ0) is 12.3. The highest BCUT2D eigenvalue weighted by Gasteiger charge is 2.29. The summed E-state index contributed by atoms with van der Waals surface area (Å²) in [6.45, 7) is 8.41. The molecule has 0 radical (unpaired) electrons. The molecule has 0 N–H and O–H groups in total. The molecule has 1 heterocycles. The molecule has 1 saturated heterocycles. The second kappa shape index (κ2) is 5.47. The summed E-state index contributed by atoms with van der Waals surface area (Å²) < 4.78 is 22.1. The van der Waals surface area contributed by atoms with E-state index in [1.165, 1.54) is 6.26 Å². The highest BCUT2D eigenvalue weighted by atomic mass is 32.2. The minimum atomic E-state index is -2.82. The van der Waals surface area contributed by atoms with Gasteiger partial charge in [0.2, 0.25) is 0 Å². The average Bonchev–Trinajstić information content (AvgIpc) is 2.05. The fourth-order valence-corrected chi connectivity index (χ4v) is 2.60. The van der Waals surface area contributed by atoms with Crippen LogP contribution in [0, 0.1) is 5.92 Å². The molecule has 0 atom stereocenters. The maximum absolute atomic E-state index is 11.0. The third-order valence-corrected chi connectivity index (χ3v) is 3.92. The Morgan fingerprint density at radius 1 is 1.38 bits per heavy atom. The van der Waals surface area contributed by atoms with Crippen LogP contribution in [0.15, 0.2) is 0 Å². The Hall–Kier alpha value is -0.130. The molecule has 0 spiro atoms. The normalized spacial score (nSPS) is 19.4. The molecule has 0 aromatic heterocycles. The van der Waals surface area contributed by atoms with E-state index in [4.69, 9.17) is 0 Å².